The Morgan fingerprint density at radius 3 is 2.83 bits per heavy atom. The van der Waals surface area contributed by atoms with Crippen LogP contribution < -0.4 is 5.32 Å². The quantitative estimate of drug-likeness (QED) is 0.897. The van der Waals surface area contributed by atoms with Crippen LogP contribution in [0, 0.1) is 6.92 Å². The van der Waals surface area contributed by atoms with Gasteiger partial charge in [0.1, 0.15) is 5.82 Å². The molecule has 0 saturated carbocycles. The van der Waals surface area contributed by atoms with Crippen LogP contribution in [-0.4, -0.2) is 11.5 Å². The van der Waals surface area contributed by atoms with Gasteiger partial charge in [-0.1, -0.05) is 35.9 Å². The molecule has 0 fully saturated rings. The summed E-state index contributed by atoms with van der Waals surface area (Å²) in [5.41, 5.74) is 2.66. The number of aromatic nitrogens is 1. The highest BCUT2D eigenvalue weighted by atomic mass is 79.9. The van der Waals surface area contributed by atoms with Gasteiger partial charge in [0.15, 0.2) is 0 Å². The normalized spacial score (nSPS) is 10.4. The van der Waals surface area contributed by atoms with Gasteiger partial charge in [0.25, 0.3) is 0 Å². The summed E-state index contributed by atoms with van der Waals surface area (Å²) in [6.45, 7) is 2.94. The molecule has 4 heteroatoms. The monoisotopic (exact) mass is 324 g/mol. The van der Waals surface area contributed by atoms with Crippen LogP contribution in [0.1, 0.15) is 11.1 Å². The van der Waals surface area contributed by atoms with E-state index in [2.05, 4.69) is 57.4 Å². The molecular weight excluding hydrogens is 312 g/mol. The average Bonchev–Trinajstić information content (AvgIpc) is 2.34. The van der Waals surface area contributed by atoms with Crippen LogP contribution in [0.2, 0.25) is 5.02 Å². The van der Waals surface area contributed by atoms with Crippen LogP contribution in [0.5, 0.6) is 0 Å². The standard InChI is InChI=1S/C14H14BrClN2/c1-10-4-2-3-5-11(10)6-7-17-14-13(16)8-12(15)9-18-14/h2-5,8-9H,6-7H2,1H3,(H,17,18). The minimum absolute atomic E-state index is 0.633. The van der Waals surface area contributed by atoms with Crippen molar-refractivity contribution in [3.8, 4) is 0 Å². The molecule has 1 aromatic carbocycles. The SMILES string of the molecule is Cc1ccccc1CCNc1ncc(Br)cc1Cl. The lowest BCUT2D eigenvalue weighted by molar-refractivity contribution is 0.993. The van der Waals surface area contributed by atoms with Crippen molar-refractivity contribution in [2.45, 2.75) is 13.3 Å². The molecular formula is C14H14BrClN2. The molecule has 0 radical (unpaired) electrons. The van der Waals surface area contributed by atoms with Gasteiger partial charge in [0.2, 0.25) is 0 Å². The molecule has 0 atom stereocenters. The van der Waals surface area contributed by atoms with Crippen molar-refractivity contribution in [2.24, 2.45) is 0 Å². The first kappa shape index (κ1) is 13.4. The van der Waals surface area contributed by atoms with Crippen LogP contribution in [0.4, 0.5) is 5.82 Å². The Bertz CT molecular complexity index is 543. The number of nitrogens with one attached hydrogen (secondary N) is 1. The van der Waals surface area contributed by atoms with Crippen molar-refractivity contribution in [1.82, 2.24) is 4.98 Å². The predicted octanol–water partition coefficient (Wildman–Crippen LogP) is 4.46. The van der Waals surface area contributed by atoms with Crippen molar-refractivity contribution in [3.63, 3.8) is 0 Å². The zero-order valence-corrected chi connectivity index (χ0v) is 12.4. The number of nitrogens with zero attached hydrogens (tertiary/aromatic N) is 1. The molecule has 1 aromatic heterocycles. The van der Waals surface area contributed by atoms with Crippen LogP contribution in [0.25, 0.3) is 0 Å². The van der Waals surface area contributed by atoms with Crippen LogP contribution >= 0.6 is 27.5 Å². The first-order valence-electron chi connectivity index (χ1n) is 5.76. The summed E-state index contributed by atoms with van der Waals surface area (Å²) in [6.07, 6.45) is 2.70. The summed E-state index contributed by atoms with van der Waals surface area (Å²) >= 11 is 9.42. The fourth-order valence-electron chi connectivity index (χ4n) is 1.75. The van der Waals surface area contributed by atoms with E-state index in [0.29, 0.717) is 5.02 Å². The van der Waals surface area contributed by atoms with Crippen molar-refractivity contribution < 1.29 is 0 Å². The summed E-state index contributed by atoms with van der Waals surface area (Å²) in [5, 5.41) is 3.89. The van der Waals surface area contributed by atoms with Gasteiger partial charge < -0.3 is 5.32 Å². The molecule has 2 aromatic rings. The minimum atomic E-state index is 0.633. The summed E-state index contributed by atoms with van der Waals surface area (Å²) in [6, 6.07) is 10.2. The number of anilines is 1. The zero-order valence-electron chi connectivity index (χ0n) is 10.1. The Hall–Kier alpha value is -1.06. The molecule has 0 unspecified atom stereocenters. The largest absolute Gasteiger partial charge is 0.369 e. The number of aryl methyl sites for hydroxylation is 1. The second-order valence-corrected chi connectivity index (χ2v) is 5.41. The average molecular weight is 326 g/mol. The predicted molar refractivity (Wildman–Crippen MR) is 80.3 cm³/mol. The molecule has 0 aliphatic heterocycles. The molecule has 0 amide bonds. The topological polar surface area (TPSA) is 24.9 Å². The number of hydrogen-bond donors (Lipinski definition) is 1. The highest BCUT2D eigenvalue weighted by Crippen LogP contribution is 2.22. The Morgan fingerprint density at radius 2 is 2.11 bits per heavy atom. The van der Waals surface area contributed by atoms with E-state index in [0.717, 1.165) is 23.3 Å². The lowest BCUT2D eigenvalue weighted by Gasteiger charge is -2.09. The highest BCUT2D eigenvalue weighted by molar-refractivity contribution is 9.10. The van der Waals surface area contributed by atoms with E-state index in [9.17, 15) is 0 Å². The summed E-state index contributed by atoms with van der Waals surface area (Å²) < 4.78 is 0.886. The van der Waals surface area contributed by atoms with Gasteiger partial charge in [0, 0.05) is 17.2 Å². The van der Waals surface area contributed by atoms with Gasteiger partial charge in [-0.3, -0.25) is 0 Å². The van der Waals surface area contributed by atoms with Gasteiger partial charge in [-0.05, 0) is 46.5 Å². The molecule has 1 N–H and O–H groups in total. The lowest BCUT2D eigenvalue weighted by atomic mass is 10.1. The van der Waals surface area contributed by atoms with Gasteiger partial charge in [-0.25, -0.2) is 4.98 Å². The molecule has 18 heavy (non-hydrogen) atoms. The molecule has 0 bridgehead atoms. The van der Waals surface area contributed by atoms with Gasteiger partial charge in [-0.2, -0.15) is 0 Å². The second kappa shape index (κ2) is 6.21. The summed E-state index contributed by atoms with van der Waals surface area (Å²) in [7, 11) is 0. The van der Waals surface area contributed by atoms with Crippen molar-refractivity contribution in [3.05, 3.63) is 57.2 Å². The molecule has 0 spiro atoms. The van der Waals surface area contributed by atoms with Gasteiger partial charge >= 0.3 is 0 Å². The molecule has 2 rings (SSSR count). The van der Waals surface area contributed by atoms with E-state index < -0.39 is 0 Å². The Labute approximate surface area is 121 Å². The van der Waals surface area contributed by atoms with Crippen LogP contribution in [0.15, 0.2) is 41.0 Å². The van der Waals surface area contributed by atoms with E-state index in [4.69, 9.17) is 11.6 Å². The fourth-order valence-corrected chi connectivity index (χ4v) is 2.45. The maximum absolute atomic E-state index is 6.09. The molecule has 0 saturated heterocycles. The van der Waals surface area contributed by atoms with E-state index in [1.165, 1.54) is 11.1 Å². The third-order valence-corrected chi connectivity index (χ3v) is 3.48. The van der Waals surface area contributed by atoms with E-state index in [-0.39, 0.29) is 0 Å². The number of hydrogen-bond acceptors (Lipinski definition) is 2. The lowest BCUT2D eigenvalue weighted by Crippen LogP contribution is -2.07. The molecule has 1 heterocycles. The molecule has 0 aliphatic carbocycles. The van der Waals surface area contributed by atoms with Crippen molar-refractivity contribution in [2.75, 3.05) is 11.9 Å². The fraction of sp³-hybridized carbons (Fsp3) is 0.214. The summed E-state index contributed by atoms with van der Waals surface area (Å²) in [5.74, 6) is 0.730. The third-order valence-electron chi connectivity index (χ3n) is 2.76. The van der Waals surface area contributed by atoms with E-state index in [1.54, 1.807) is 6.20 Å². The Kier molecular flexibility index (Phi) is 4.61. The number of rotatable bonds is 4. The number of benzene rings is 1. The first-order valence-corrected chi connectivity index (χ1v) is 6.93. The Morgan fingerprint density at radius 1 is 1.33 bits per heavy atom. The molecule has 0 aliphatic rings. The number of halogens is 2. The number of pyridine rings is 1. The highest BCUT2D eigenvalue weighted by Gasteiger charge is 2.02. The van der Waals surface area contributed by atoms with E-state index >= 15 is 0 Å². The maximum Gasteiger partial charge on any atom is 0.144 e. The maximum atomic E-state index is 6.09. The first-order chi connectivity index (χ1) is 8.66. The van der Waals surface area contributed by atoms with Crippen molar-refractivity contribution in [1.29, 1.82) is 0 Å². The smallest absolute Gasteiger partial charge is 0.144 e. The molecule has 2 nitrogen and oxygen atoms in total. The van der Waals surface area contributed by atoms with Crippen LogP contribution in [-0.2, 0) is 6.42 Å². The third kappa shape index (κ3) is 3.47. The second-order valence-electron chi connectivity index (χ2n) is 4.09. The van der Waals surface area contributed by atoms with Gasteiger partial charge in [0.05, 0.1) is 5.02 Å². The minimum Gasteiger partial charge on any atom is -0.369 e. The summed E-state index contributed by atoms with van der Waals surface area (Å²) in [4.78, 5) is 4.24. The van der Waals surface area contributed by atoms with Crippen LogP contribution in [0.3, 0.4) is 0 Å². The van der Waals surface area contributed by atoms with E-state index in [1.807, 2.05) is 6.07 Å². The zero-order chi connectivity index (χ0) is 13.0. The van der Waals surface area contributed by atoms with Crippen molar-refractivity contribution >= 4 is 33.3 Å². The van der Waals surface area contributed by atoms with Gasteiger partial charge in [-0.15, -0.1) is 0 Å². The molecule has 94 valence electrons. The Balaban J connectivity index is 1.95.